The molecule has 1 amide bonds. The van der Waals surface area contributed by atoms with Crippen LogP contribution in [0.2, 0.25) is 0 Å². The second kappa shape index (κ2) is 9.66. The minimum atomic E-state index is -0.452. The molecule has 6 heteroatoms. The Hall–Kier alpha value is -1.30. The van der Waals surface area contributed by atoms with Crippen LogP contribution in [-0.2, 0) is 9.53 Å². The number of ether oxygens (including phenoxy) is 2. The van der Waals surface area contributed by atoms with E-state index in [9.17, 15) is 4.79 Å². The Morgan fingerprint density at radius 2 is 2.09 bits per heavy atom. The highest BCUT2D eigenvalue weighted by molar-refractivity contribution is 5.85. The topological polar surface area (TPSA) is 73.6 Å². The summed E-state index contributed by atoms with van der Waals surface area (Å²) in [5, 5.41) is 2.84. The molecular weight excluding hydrogens is 304 g/mol. The standard InChI is InChI=1S/C16H24N2O3.ClH/c1-12-4-2-3-5-14(12)21-11-8-18-16(19)15(17)13-6-9-20-10-7-13;/h2-5,13,15H,6-11,17H2,1H3,(H,18,19);1H. The summed E-state index contributed by atoms with van der Waals surface area (Å²) < 4.78 is 10.9. The summed E-state index contributed by atoms with van der Waals surface area (Å²) in [5.41, 5.74) is 7.09. The molecule has 1 saturated heterocycles. The third-order valence-corrected chi connectivity index (χ3v) is 3.83. The Morgan fingerprint density at radius 1 is 1.41 bits per heavy atom. The van der Waals surface area contributed by atoms with Crippen LogP contribution < -0.4 is 15.8 Å². The molecule has 22 heavy (non-hydrogen) atoms. The van der Waals surface area contributed by atoms with Crippen LogP contribution >= 0.6 is 12.4 Å². The van der Waals surface area contributed by atoms with Crippen LogP contribution in [0.4, 0.5) is 0 Å². The van der Waals surface area contributed by atoms with Gasteiger partial charge in [0, 0.05) is 13.2 Å². The predicted molar refractivity (Wildman–Crippen MR) is 88.5 cm³/mol. The summed E-state index contributed by atoms with van der Waals surface area (Å²) in [7, 11) is 0. The number of hydrogen-bond donors (Lipinski definition) is 2. The molecule has 0 bridgehead atoms. The van der Waals surface area contributed by atoms with Gasteiger partial charge in [0.2, 0.25) is 5.91 Å². The van der Waals surface area contributed by atoms with Crippen molar-refractivity contribution in [3.63, 3.8) is 0 Å². The lowest BCUT2D eigenvalue weighted by molar-refractivity contribution is -0.124. The first-order chi connectivity index (χ1) is 10.2. The first kappa shape index (κ1) is 18.7. The molecule has 1 aliphatic rings. The van der Waals surface area contributed by atoms with E-state index >= 15 is 0 Å². The number of benzene rings is 1. The molecule has 1 fully saturated rings. The van der Waals surface area contributed by atoms with Gasteiger partial charge in [-0.15, -0.1) is 12.4 Å². The van der Waals surface area contributed by atoms with Crippen LogP contribution in [-0.4, -0.2) is 38.3 Å². The van der Waals surface area contributed by atoms with Gasteiger partial charge < -0.3 is 20.5 Å². The Morgan fingerprint density at radius 3 is 2.77 bits per heavy atom. The molecule has 0 spiro atoms. The molecule has 124 valence electrons. The van der Waals surface area contributed by atoms with Crippen molar-refractivity contribution < 1.29 is 14.3 Å². The monoisotopic (exact) mass is 328 g/mol. The van der Waals surface area contributed by atoms with Crippen molar-refractivity contribution in [3.05, 3.63) is 29.8 Å². The van der Waals surface area contributed by atoms with Gasteiger partial charge in [0.25, 0.3) is 0 Å². The normalized spacial score (nSPS) is 16.5. The van der Waals surface area contributed by atoms with Crippen LogP contribution in [0.15, 0.2) is 24.3 Å². The lowest BCUT2D eigenvalue weighted by atomic mass is 9.92. The van der Waals surface area contributed by atoms with Gasteiger partial charge in [-0.3, -0.25) is 4.79 Å². The van der Waals surface area contributed by atoms with Crippen molar-refractivity contribution in [1.29, 1.82) is 0 Å². The van der Waals surface area contributed by atoms with Crippen molar-refractivity contribution in [1.82, 2.24) is 5.32 Å². The molecule has 0 aromatic heterocycles. The van der Waals surface area contributed by atoms with E-state index in [1.54, 1.807) is 0 Å². The Labute approximate surface area is 138 Å². The average Bonchev–Trinajstić information content (AvgIpc) is 2.53. The molecule has 0 aliphatic carbocycles. The van der Waals surface area contributed by atoms with Crippen molar-refractivity contribution >= 4 is 18.3 Å². The van der Waals surface area contributed by atoms with Crippen LogP contribution in [0.1, 0.15) is 18.4 Å². The molecule has 1 atom stereocenters. The molecule has 5 nitrogen and oxygen atoms in total. The number of aryl methyl sites for hydroxylation is 1. The number of nitrogens with two attached hydrogens (primary N) is 1. The van der Waals surface area contributed by atoms with Crippen LogP contribution in [0.5, 0.6) is 5.75 Å². The second-order valence-corrected chi connectivity index (χ2v) is 5.38. The third-order valence-electron chi connectivity index (χ3n) is 3.83. The van der Waals surface area contributed by atoms with Crippen LogP contribution in [0.25, 0.3) is 0 Å². The number of hydrogen-bond acceptors (Lipinski definition) is 4. The second-order valence-electron chi connectivity index (χ2n) is 5.38. The van der Waals surface area contributed by atoms with E-state index in [-0.39, 0.29) is 24.2 Å². The maximum atomic E-state index is 12.0. The quantitative estimate of drug-likeness (QED) is 0.779. The van der Waals surface area contributed by atoms with E-state index in [0.29, 0.717) is 26.4 Å². The van der Waals surface area contributed by atoms with Gasteiger partial charge in [0.1, 0.15) is 12.4 Å². The average molecular weight is 329 g/mol. The van der Waals surface area contributed by atoms with Gasteiger partial charge in [0.05, 0.1) is 12.6 Å². The summed E-state index contributed by atoms with van der Waals surface area (Å²) in [6, 6.07) is 7.37. The Balaban J connectivity index is 0.00000242. The fraction of sp³-hybridized carbons (Fsp3) is 0.562. The van der Waals surface area contributed by atoms with Crippen LogP contribution in [0.3, 0.4) is 0 Å². The summed E-state index contributed by atoms with van der Waals surface area (Å²) in [6.45, 7) is 4.29. The smallest absolute Gasteiger partial charge is 0.237 e. The summed E-state index contributed by atoms with van der Waals surface area (Å²) in [4.78, 5) is 12.0. The number of nitrogens with one attached hydrogen (secondary N) is 1. The number of carbonyl (C=O) groups is 1. The predicted octanol–water partition coefficient (Wildman–Crippen LogP) is 1.67. The molecule has 3 N–H and O–H groups in total. The maximum Gasteiger partial charge on any atom is 0.237 e. The Bertz CT molecular complexity index is 464. The maximum absolute atomic E-state index is 12.0. The number of para-hydroxylation sites is 1. The molecule has 1 aromatic carbocycles. The molecule has 2 rings (SSSR count). The van der Waals surface area contributed by atoms with Gasteiger partial charge >= 0.3 is 0 Å². The zero-order chi connectivity index (χ0) is 15.1. The van der Waals surface area contributed by atoms with Crippen molar-refractivity contribution in [2.45, 2.75) is 25.8 Å². The summed E-state index contributed by atoms with van der Waals surface area (Å²) in [5.74, 6) is 0.965. The zero-order valence-electron chi connectivity index (χ0n) is 12.9. The van der Waals surface area contributed by atoms with E-state index in [1.165, 1.54) is 0 Å². The summed E-state index contributed by atoms with van der Waals surface area (Å²) in [6.07, 6.45) is 1.71. The highest BCUT2D eigenvalue weighted by atomic mass is 35.5. The van der Waals surface area contributed by atoms with Crippen molar-refractivity contribution in [3.8, 4) is 5.75 Å². The SMILES string of the molecule is Cc1ccccc1OCCNC(=O)C(N)C1CCOCC1.Cl. The molecular formula is C16H25ClN2O3. The highest BCUT2D eigenvalue weighted by Crippen LogP contribution is 2.18. The third kappa shape index (κ3) is 5.48. The molecule has 1 aromatic rings. The van der Waals surface area contributed by atoms with Crippen molar-refractivity contribution in [2.24, 2.45) is 11.7 Å². The molecule has 0 radical (unpaired) electrons. The minimum absolute atomic E-state index is 0. The number of carbonyl (C=O) groups excluding carboxylic acids is 1. The van der Waals surface area contributed by atoms with E-state index in [4.69, 9.17) is 15.2 Å². The Kier molecular flexibility index (Phi) is 8.24. The molecule has 0 saturated carbocycles. The lowest BCUT2D eigenvalue weighted by Crippen LogP contribution is -2.47. The van der Waals surface area contributed by atoms with E-state index < -0.39 is 6.04 Å². The van der Waals surface area contributed by atoms with Crippen LogP contribution in [0, 0.1) is 12.8 Å². The zero-order valence-corrected chi connectivity index (χ0v) is 13.7. The van der Waals surface area contributed by atoms with Gasteiger partial charge in [-0.1, -0.05) is 18.2 Å². The first-order valence-electron chi connectivity index (χ1n) is 7.48. The van der Waals surface area contributed by atoms with Gasteiger partial charge in [-0.05, 0) is 37.3 Å². The van der Waals surface area contributed by atoms with E-state index in [2.05, 4.69) is 5.32 Å². The number of rotatable bonds is 6. The van der Waals surface area contributed by atoms with Gasteiger partial charge in [0.15, 0.2) is 0 Å². The fourth-order valence-corrected chi connectivity index (χ4v) is 2.46. The molecule has 1 heterocycles. The van der Waals surface area contributed by atoms with E-state index in [1.807, 2.05) is 31.2 Å². The number of halogens is 1. The lowest BCUT2D eigenvalue weighted by Gasteiger charge is -2.26. The fourth-order valence-electron chi connectivity index (χ4n) is 2.46. The largest absolute Gasteiger partial charge is 0.491 e. The first-order valence-corrected chi connectivity index (χ1v) is 7.48. The van der Waals surface area contributed by atoms with Gasteiger partial charge in [-0.25, -0.2) is 0 Å². The molecule has 1 aliphatic heterocycles. The minimum Gasteiger partial charge on any atom is -0.491 e. The van der Waals surface area contributed by atoms with Crippen molar-refractivity contribution in [2.75, 3.05) is 26.4 Å². The highest BCUT2D eigenvalue weighted by Gasteiger charge is 2.26. The number of amides is 1. The van der Waals surface area contributed by atoms with Gasteiger partial charge in [-0.2, -0.15) is 0 Å². The van der Waals surface area contributed by atoms with E-state index in [0.717, 1.165) is 24.2 Å². The summed E-state index contributed by atoms with van der Waals surface area (Å²) >= 11 is 0. The molecule has 1 unspecified atom stereocenters.